The van der Waals surface area contributed by atoms with Crippen LogP contribution in [0.4, 0.5) is 22.6 Å². The number of hydrogen-bond acceptors (Lipinski definition) is 5. The molecule has 0 aliphatic heterocycles. The van der Waals surface area contributed by atoms with E-state index in [2.05, 4.69) is 5.32 Å². The molecular weight excluding hydrogens is 460 g/mol. The van der Waals surface area contributed by atoms with Crippen LogP contribution in [0.2, 0.25) is 0 Å². The molecule has 4 fully saturated rings. The number of nitrogens with one attached hydrogen (secondary N) is 2. The lowest BCUT2D eigenvalue weighted by Gasteiger charge is -2.58. The highest BCUT2D eigenvalue weighted by molar-refractivity contribution is 7.90. The molecule has 12 heteroatoms. The van der Waals surface area contributed by atoms with Gasteiger partial charge in [0.1, 0.15) is 10.7 Å². The molecule has 1 aromatic rings. The van der Waals surface area contributed by atoms with E-state index in [1.54, 1.807) is 12.3 Å². The summed E-state index contributed by atoms with van der Waals surface area (Å²) in [6.07, 6.45) is 3.17. The summed E-state index contributed by atoms with van der Waals surface area (Å²) in [6.45, 7) is 0.449. The zero-order valence-electron chi connectivity index (χ0n) is 16.6. The van der Waals surface area contributed by atoms with Crippen LogP contribution in [-0.4, -0.2) is 37.8 Å². The third-order valence-electron chi connectivity index (χ3n) is 6.68. The van der Waals surface area contributed by atoms with Crippen molar-refractivity contribution in [3.63, 3.8) is 0 Å². The normalized spacial score (nSPS) is 32.3. The minimum Gasteiger partial charge on any atom is -0.317 e. The first-order valence-corrected chi connectivity index (χ1v) is 12.3. The van der Waals surface area contributed by atoms with Crippen molar-refractivity contribution in [2.45, 2.75) is 56.6 Å². The quantitative estimate of drug-likeness (QED) is 0.475. The first-order valence-electron chi connectivity index (χ1n) is 9.91. The summed E-state index contributed by atoms with van der Waals surface area (Å²) >= 11 is 1.03. The van der Waals surface area contributed by atoms with Crippen LogP contribution in [0.5, 0.6) is 0 Å². The summed E-state index contributed by atoms with van der Waals surface area (Å²) in [6, 6.07) is 0. The number of alkyl halides is 4. The molecule has 2 unspecified atom stereocenters. The maximum Gasteiger partial charge on any atom is 0.511 e. The van der Waals surface area contributed by atoms with Gasteiger partial charge in [-0.15, -0.1) is 11.3 Å². The number of ketones is 1. The van der Waals surface area contributed by atoms with E-state index in [9.17, 15) is 31.2 Å². The van der Waals surface area contributed by atoms with Crippen LogP contribution in [0, 0.1) is 24.2 Å². The maximum atomic E-state index is 15.2. The van der Waals surface area contributed by atoms with E-state index in [0.717, 1.165) is 17.8 Å². The SMILES string of the molecule is Cc1csc(NC(=O)C23CC4CC(CC(F)(C4)C2)C3)c1C(=O)CNS(=O)(=O)C(F)(F)F. The highest BCUT2D eigenvalue weighted by Gasteiger charge is 2.61. The highest BCUT2D eigenvalue weighted by atomic mass is 32.2. The smallest absolute Gasteiger partial charge is 0.317 e. The fourth-order valence-electron chi connectivity index (χ4n) is 5.87. The van der Waals surface area contributed by atoms with Gasteiger partial charge in [-0.05, 0) is 68.2 Å². The minimum atomic E-state index is -5.67. The molecule has 1 heterocycles. The van der Waals surface area contributed by atoms with Crippen molar-refractivity contribution in [1.82, 2.24) is 4.72 Å². The average Bonchev–Trinajstić information content (AvgIpc) is 2.97. The second-order valence-electron chi connectivity index (χ2n) is 9.16. The monoisotopic (exact) mass is 482 g/mol. The Bertz CT molecular complexity index is 1020. The van der Waals surface area contributed by atoms with E-state index in [1.165, 1.54) is 4.72 Å². The van der Waals surface area contributed by atoms with E-state index >= 15 is 4.39 Å². The molecule has 4 aliphatic carbocycles. The molecule has 5 rings (SSSR count). The largest absolute Gasteiger partial charge is 0.511 e. The zero-order chi connectivity index (χ0) is 22.8. The first-order chi connectivity index (χ1) is 14.2. The molecule has 2 atom stereocenters. The number of Topliss-reactive ketones (excluding diaryl/α,β-unsaturated/α-hetero) is 1. The van der Waals surface area contributed by atoms with Crippen LogP contribution in [0.3, 0.4) is 0 Å². The lowest BCUT2D eigenvalue weighted by molar-refractivity contribution is -0.155. The molecule has 31 heavy (non-hydrogen) atoms. The predicted octanol–water partition coefficient (Wildman–Crippen LogP) is 3.93. The predicted molar refractivity (Wildman–Crippen MR) is 106 cm³/mol. The van der Waals surface area contributed by atoms with Gasteiger partial charge in [-0.1, -0.05) is 0 Å². The number of aryl methyl sites for hydroxylation is 1. The van der Waals surface area contributed by atoms with Crippen LogP contribution >= 0.6 is 11.3 Å². The third-order valence-corrected chi connectivity index (χ3v) is 8.83. The number of sulfonamides is 1. The van der Waals surface area contributed by atoms with Crippen LogP contribution in [0.15, 0.2) is 5.38 Å². The van der Waals surface area contributed by atoms with E-state index < -0.39 is 38.9 Å². The Kier molecular flexibility index (Phi) is 5.29. The number of carbonyl (C=O) groups is 2. The van der Waals surface area contributed by atoms with E-state index in [4.69, 9.17) is 0 Å². The molecule has 1 aromatic heterocycles. The van der Waals surface area contributed by atoms with Gasteiger partial charge in [-0.2, -0.15) is 17.9 Å². The van der Waals surface area contributed by atoms with E-state index in [-0.39, 0.29) is 34.7 Å². The Morgan fingerprint density at radius 2 is 1.81 bits per heavy atom. The molecule has 0 spiro atoms. The van der Waals surface area contributed by atoms with Gasteiger partial charge < -0.3 is 5.32 Å². The first kappa shape index (κ1) is 22.7. The second kappa shape index (κ2) is 7.24. The van der Waals surface area contributed by atoms with Crippen LogP contribution in [0.25, 0.3) is 0 Å². The van der Waals surface area contributed by atoms with Gasteiger partial charge in [0.25, 0.3) is 0 Å². The van der Waals surface area contributed by atoms with Gasteiger partial charge in [0.15, 0.2) is 5.78 Å². The molecule has 0 radical (unpaired) electrons. The molecule has 1 amide bonds. The fraction of sp³-hybridized carbons (Fsp3) is 0.684. The van der Waals surface area contributed by atoms with Crippen molar-refractivity contribution >= 4 is 38.1 Å². The van der Waals surface area contributed by atoms with E-state index in [1.807, 2.05) is 0 Å². The zero-order valence-corrected chi connectivity index (χ0v) is 18.3. The Hall–Kier alpha value is -1.53. The van der Waals surface area contributed by atoms with Crippen molar-refractivity contribution in [2.75, 3.05) is 11.9 Å². The molecule has 4 saturated carbocycles. The fourth-order valence-corrected chi connectivity index (χ4v) is 7.31. The topological polar surface area (TPSA) is 92.3 Å². The molecule has 172 valence electrons. The van der Waals surface area contributed by atoms with Crippen LogP contribution < -0.4 is 10.0 Å². The van der Waals surface area contributed by atoms with Gasteiger partial charge in [0, 0.05) is 0 Å². The number of amides is 1. The molecule has 0 saturated heterocycles. The number of carbonyl (C=O) groups excluding carboxylic acids is 2. The van der Waals surface area contributed by atoms with Gasteiger partial charge in [-0.25, -0.2) is 12.8 Å². The number of rotatable bonds is 6. The Morgan fingerprint density at radius 1 is 1.19 bits per heavy atom. The molecular formula is C19H22F4N2O4S2. The van der Waals surface area contributed by atoms with Crippen molar-refractivity contribution in [2.24, 2.45) is 17.3 Å². The number of anilines is 1. The second-order valence-corrected chi connectivity index (χ2v) is 11.8. The lowest BCUT2D eigenvalue weighted by Crippen LogP contribution is -2.57. The summed E-state index contributed by atoms with van der Waals surface area (Å²) in [5.41, 5.74) is -7.36. The molecule has 0 aromatic carbocycles. The van der Waals surface area contributed by atoms with Crippen molar-refractivity contribution in [1.29, 1.82) is 0 Å². The molecule has 6 nitrogen and oxygen atoms in total. The lowest BCUT2D eigenvalue weighted by atomic mass is 9.48. The van der Waals surface area contributed by atoms with Crippen molar-refractivity contribution in [3.8, 4) is 0 Å². The van der Waals surface area contributed by atoms with Gasteiger partial charge >= 0.3 is 15.5 Å². The third kappa shape index (κ3) is 4.02. The van der Waals surface area contributed by atoms with Gasteiger partial charge in [-0.3, -0.25) is 9.59 Å². The number of halogens is 4. The van der Waals surface area contributed by atoms with Gasteiger partial charge in [0.05, 0.1) is 17.5 Å². The van der Waals surface area contributed by atoms with Crippen molar-refractivity contribution < 1.29 is 35.6 Å². The average molecular weight is 483 g/mol. The Balaban J connectivity index is 1.51. The van der Waals surface area contributed by atoms with E-state index in [0.29, 0.717) is 31.2 Å². The summed E-state index contributed by atoms with van der Waals surface area (Å²) in [4.78, 5) is 25.7. The maximum absolute atomic E-state index is 15.2. The molecule has 4 bridgehead atoms. The van der Waals surface area contributed by atoms with Crippen LogP contribution in [0.1, 0.15) is 54.4 Å². The Labute approximate surface area is 180 Å². The number of thiophene rings is 1. The van der Waals surface area contributed by atoms with Crippen molar-refractivity contribution in [3.05, 3.63) is 16.5 Å². The Morgan fingerprint density at radius 3 is 2.35 bits per heavy atom. The summed E-state index contributed by atoms with van der Waals surface area (Å²) in [7, 11) is -5.67. The standard InChI is InChI=1S/C19H22F4N2O4S2/c1-10-8-30-15(14(10)13(26)7-24-31(28,29)19(21,22)23)25-16(27)17-3-11-2-12(4-17)6-18(20,5-11)9-17/h8,11-12,24H,2-7,9H2,1H3,(H,25,27). The molecule has 2 N–H and O–H groups in total. The highest BCUT2D eigenvalue weighted by Crippen LogP contribution is 2.63. The summed E-state index contributed by atoms with van der Waals surface area (Å²) in [5, 5.41) is 4.40. The van der Waals surface area contributed by atoms with Gasteiger partial charge in [0.2, 0.25) is 5.91 Å². The minimum absolute atomic E-state index is 0.0390. The summed E-state index contributed by atoms with van der Waals surface area (Å²) in [5.74, 6) is -0.968. The van der Waals surface area contributed by atoms with Crippen LogP contribution in [-0.2, 0) is 14.8 Å². The summed E-state index contributed by atoms with van der Waals surface area (Å²) < 4.78 is 76.3. The molecule has 4 aliphatic rings. The number of hydrogen-bond donors (Lipinski definition) is 2.